The average molecular weight is 378 g/mol. The fourth-order valence-corrected chi connectivity index (χ4v) is 3.48. The predicted molar refractivity (Wildman–Crippen MR) is 107 cm³/mol. The van der Waals surface area contributed by atoms with Crippen LogP contribution >= 0.6 is 11.8 Å². The van der Waals surface area contributed by atoms with Gasteiger partial charge in [-0.2, -0.15) is 4.98 Å². The first kappa shape index (κ1) is 18.7. The van der Waals surface area contributed by atoms with Gasteiger partial charge in [0.1, 0.15) is 0 Å². The first-order valence-electron chi connectivity index (χ1n) is 8.34. The van der Waals surface area contributed by atoms with Crippen LogP contribution in [0.15, 0.2) is 83.3 Å². The van der Waals surface area contributed by atoms with E-state index in [-0.39, 0.29) is 40.1 Å². The lowest BCUT2D eigenvalue weighted by Gasteiger charge is -2.14. The maximum atomic E-state index is 12.9. The number of aromatic nitrogens is 2. The molecule has 0 fully saturated rings. The van der Waals surface area contributed by atoms with Crippen molar-refractivity contribution in [3.63, 3.8) is 0 Å². The number of hydrogen-bond donors (Lipinski definition) is 1. The Bertz CT molecular complexity index is 1010. The molecule has 3 aromatic rings. The van der Waals surface area contributed by atoms with Crippen molar-refractivity contribution in [1.29, 1.82) is 0 Å². The highest BCUT2D eigenvalue weighted by Crippen LogP contribution is 2.23. The maximum Gasteiger partial charge on any atom is 0.266 e. The van der Waals surface area contributed by atoms with Crippen molar-refractivity contribution in [3.8, 4) is 11.6 Å². The van der Waals surface area contributed by atoms with Gasteiger partial charge < -0.3 is 5.11 Å². The van der Waals surface area contributed by atoms with Crippen molar-refractivity contribution >= 4 is 17.5 Å². The zero-order chi connectivity index (χ0) is 19.2. The zero-order valence-corrected chi connectivity index (χ0v) is 15.4. The first-order valence-corrected chi connectivity index (χ1v) is 9.32. The van der Waals surface area contributed by atoms with Gasteiger partial charge in [-0.3, -0.25) is 14.2 Å². The minimum atomic E-state index is -0.372. The lowest BCUT2D eigenvalue weighted by Crippen LogP contribution is -2.25. The van der Waals surface area contributed by atoms with E-state index >= 15 is 0 Å². The van der Waals surface area contributed by atoms with Crippen molar-refractivity contribution in [2.24, 2.45) is 0 Å². The summed E-state index contributed by atoms with van der Waals surface area (Å²) in [7, 11) is 0. The third kappa shape index (κ3) is 4.17. The molecule has 5 nitrogen and oxygen atoms in total. The van der Waals surface area contributed by atoms with Gasteiger partial charge >= 0.3 is 0 Å². The fourth-order valence-electron chi connectivity index (χ4n) is 2.59. The van der Waals surface area contributed by atoms with E-state index in [0.29, 0.717) is 11.3 Å². The van der Waals surface area contributed by atoms with Crippen LogP contribution in [-0.4, -0.2) is 26.2 Å². The summed E-state index contributed by atoms with van der Waals surface area (Å²) >= 11 is 1.12. The highest BCUT2D eigenvalue weighted by Gasteiger charge is 2.18. The number of thioether (sulfide) groups is 1. The molecule has 0 atom stereocenters. The highest BCUT2D eigenvalue weighted by molar-refractivity contribution is 7.99. The Morgan fingerprint density at radius 3 is 2.37 bits per heavy atom. The second kappa shape index (κ2) is 8.51. The van der Waals surface area contributed by atoms with E-state index in [1.807, 2.05) is 24.3 Å². The number of nitrogens with zero attached hydrogens (tertiary/aromatic N) is 2. The smallest absolute Gasteiger partial charge is 0.266 e. The van der Waals surface area contributed by atoms with Crippen LogP contribution in [0.5, 0.6) is 5.88 Å². The van der Waals surface area contributed by atoms with Crippen LogP contribution in [0.4, 0.5) is 0 Å². The lowest BCUT2D eigenvalue weighted by atomic mass is 10.2. The number of para-hydroxylation sites is 1. The standard InChI is InChI=1S/C21H18N2O3S/c1-2-9-17-19(25)22-21(23(20(17)26)16-12-7-4-8-13-16)27-14-18(24)15-10-5-3-6-11-15/h2-8,10-13,25H,1,9,14H2. The molecule has 0 aliphatic carbocycles. The molecular formula is C21H18N2O3S. The molecular weight excluding hydrogens is 360 g/mol. The van der Waals surface area contributed by atoms with Crippen LogP contribution in [0.25, 0.3) is 5.69 Å². The molecule has 1 N–H and O–H groups in total. The van der Waals surface area contributed by atoms with Crippen molar-refractivity contribution in [3.05, 3.63) is 94.8 Å². The van der Waals surface area contributed by atoms with Gasteiger partial charge in [-0.1, -0.05) is 66.4 Å². The molecule has 0 aliphatic rings. The first-order chi connectivity index (χ1) is 13.1. The number of benzene rings is 2. The van der Waals surface area contributed by atoms with Gasteiger partial charge in [-0.25, -0.2) is 0 Å². The molecule has 1 heterocycles. The lowest BCUT2D eigenvalue weighted by molar-refractivity contribution is 0.102. The fraction of sp³-hybridized carbons (Fsp3) is 0.0952. The summed E-state index contributed by atoms with van der Waals surface area (Å²) in [5, 5.41) is 10.5. The summed E-state index contributed by atoms with van der Waals surface area (Å²) < 4.78 is 1.42. The number of aromatic hydroxyl groups is 1. The number of Topliss-reactive ketones (excluding diaryl/α,β-unsaturated/α-hetero) is 1. The molecule has 0 amide bonds. The molecule has 0 saturated heterocycles. The summed E-state index contributed by atoms with van der Waals surface area (Å²) in [5.41, 5.74) is 1.01. The summed E-state index contributed by atoms with van der Waals surface area (Å²) in [5.74, 6) is -0.311. The molecule has 0 aliphatic heterocycles. The Balaban J connectivity index is 2.00. The van der Waals surface area contributed by atoms with E-state index in [1.165, 1.54) is 4.57 Å². The molecule has 6 heteroatoms. The number of allylic oxidation sites excluding steroid dienone is 1. The topological polar surface area (TPSA) is 72.2 Å². The van der Waals surface area contributed by atoms with Crippen LogP contribution in [0, 0.1) is 0 Å². The third-order valence-electron chi connectivity index (χ3n) is 3.91. The number of ketones is 1. The molecule has 0 unspecified atom stereocenters. The van der Waals surface area contributed by atoms with Crippen LogP contribution in [-0.2, 0) is 6.42 Å². The number of hydrogen-bond acceptors (Lipinski definition) is 5. The second-order valence-electron chi connectivity index (χ2n) is 5.74. The van der Waals surface area contributed by atoms with Crippen molar-refractivity contribution in [1.82, 2.24) is 9.55 Å². The third-order valence-corrected chi connectivity index (χ3v) is 4.85. The molecule has 0 spiro atoms. The number of carbonyl (C=O) groups excluding carboxylic acids is 1. The largest absolute Gasteiger partial charge is 0.493 e. The van der Waals surface area contributed by atoms with Crippen molar-refractivity contribution in [2.45, 2.75) is 11.6 Å². The monoisotopic (exact) mass is 378 g/mol. The number of rotatable bonds is 7. The molecule has 27 heavy (non-hydrogen) atoms. The van der Waals surface area contributed by atoms with Crippen LogP contribution in [0.1, 0.15) is 15.9 Å². The van der Waals surface area contributed by atoms with Crippen molar-refractivity contribution < 1.29 is 9.90 Å². The van der Waals surface area contributed by atoms with Crippen LogP contribution in [0.3, 0.4) is 0 Å². The molecule has 0 bridgehead atoms. The molecule has 3 rings (SSSR count). The normalized spacial score (nSPS) is 10.5. The summed E-state index contributed by atoms with van der Waals surface area (Å²) in [6, 6.07) is 17.9. The van der Waals surface area contributed by atoms with E-state index in [0.717, 1.165) is 11.8 Å². The molecule has 2 aromatic carbocycles. The van der Waals surface area contributed by atoms with Gasteiger partial charge in [0.15, 0.2) is 10.9 Å². The van der Waals surface area contributed by atoms with Gasteiger partial charge in [-0.15, -0.1) is 6.58 Å². The van der Waals surface area contributed by atoms with Gasteiger partial charge in [0.2, 0.25) is 5.88 Å². The van der Waals surface area contributed by atoms with E-state index in [4.69, 9.17) is 0 Å². The van der Waals surface area contributed by atoms with Gasteiger partial charge in [0.05, 0.1) is 17.0 Å². The van der Waals surface area contributed by atoms with Gasteiger partial charge in [0, 0.05) is 12.0 Å². The Morgan fingerprint density at radius 2 is 1.74 bits per heavy atom. The summed E-state index contributed by atoms with van der Waals surface area (Å²) in [4.78, 5) is 29.5. The summed E-state index contributed by atoms with van der Waals surface area (Å²) in [6.07, 6.45) is 1.75. The SMILES string of the molecule is C=CCc1c(O)nc(SCC(=O)c2ccccc2)n(-c2ccccc2)c1=O. The minimum absolute atomic E-state index is 0.0795. The van der Waals surface area contributed by atoms with E-state index < -0.39 is 0 Å². The maximum absolute atomic E-state index is 12.9. The van der Waals surface area contributed by atoms with Crippen LogP contribution in [0.2, 0.25) is 0 Å². The summed E-state index contributed by atoms with van der Waals surface area (Å²) in [6.45, 7) is 3.62. The molecule has 136 valence electrons. The Kier molecular flexibility index (Phi) is 5.88. The second-order valence-corrected chi connectivity index (χ2v) is 6.69. The Morgan fingerprint density at radius 1 is 1.11 bits per heavy atom. The quantitative estimate of drug-likeness (QED) is 0.294. The Hall–Kier alpha value is -3.12. The minimum Gasteiger partial charge on any atom is -0.493 e. The van der Waals surface area contributed by atoms with Crippen molar-refractivity contribution in [2.75, 3.05) is 5.75 Å². The molecule has 0 saturated carbocycles. The van der Waals surface area contributed by atoms with Gasteiger partial charge in [0.25, 0.3) is 5.56 Å². The van der Waals surface area contributed by atoms with E-state index in [9.17, 15) is 14.7 Å². The predicted octanol–water partition coefficient (Wildman–Crippen LogP) is 3.64. The van der Waals surface area contributed by atoms with Gasteiger partial charge in [-0.05, 0) is 12.1 Å². The zero-order valence-electron chi connectivity index (χ0n) is 14.5. The highest BCUT2D eigenvalue weighted by atomic mass is 32.2. The van der Waals surface area contributed by atoms with Crippen LogP contribution < -0.4 is 5.56 Å². The Labute approximate surface area is 161 Å². The molecule has 1 aromatic heterocycles. The molecule has 0 radical (unpaired) electrons. The number of carbonyl (C=O) groups is 1. The van der Waals surface area contributed by atoms with E-state index in [2.05, 4.69) is 11.6 Å². The van der Waals surface area contributed by atoms with E-state index in [1.54, 1.807) is 42.5 Å². The average Bonchev–Trinajstić information content (AvgIpc) is 2.70.